The molecule has 11 heavy (non-hydrogen) atoms. The van der Waals surface area contributed by atoms with Gasteiger partial charge in [-0.15, -0.1) is 0 Å². The predicted octanol–water partition coefficient (Wildman–Crippen LogP) is 1.76. The van der Waals surface area contributed by atoms with Crippen molar-refractivity contribution >= 4 is 11.6 Å². The highest BCUT2D eigenvalue weighted by molar-refractivity contribution is 6.25. The van der Waals surface area contributed by atoms with Crippen molar-refractivity contribution in [2.24, 2.45) is 0 Å². The van der Waals surface area contributed by atoms with Crippen molar-refractivity contribution in [1.29, 1.82) is 0 Å². The van der Waals surface area contributed by atoms with E-state index in [0.29, 0.717) is 6.61 Å². The zero-order valence-electron chi connectivity index (χ0n) is 6.98. The van der Waals surface area contributed by atoms with E-state index in [2.05, 4.69) is 12.2 Å². The van der Waals surface area contributed by atoms with E-state index in [0.717, 1.165) is 19.7 Å². The molecule has 1 N–H and O–H groups in total. The third-order valence-electron chi connectivity index (χ3n) is 1.15. The number of ether oxygens (including phenoxy) is 1. The normalized spacial score (nSPS) is 11.1. The Labute approximate surface area is 73.6 Å². The maximum Gasteiger partial charge on any atom is 0.0659 e. The molecule has 3 heteroatoms. The van der Waals surface area contributed by atoms with E-state index in [4.69, 9.17) is 16.3 Å². The van der Waals surface area contributed by atoms with Gasteiger partial charge in [0.1, 0.15) is 0 Å². The van der Waals surface area contributed by atoms with Gasteiger partial charge in [0.25, 0.3) is 0 Å². The van der Waals surface area contributed by atoms with E-state index in [9.17, 15) is 0 Å². The molecule has 2 nitrogen and oxygen atoms in total. The van der Waals surface area contributed by atoms with Crippen molar-refractivity contribution in [3.8, 4) is 0 Å². The van der Waals surface area contributed by atoms with Gasteiger partial charge in [-0.05, 0) is 19.0 Å². The predicted molar refractivity (Wildman–Crippen MR) is 49.0 cm³/mol. The van der Waals surface area contributed by atoms with Gasteiger partial charge in [-0.3, -0.25) is 0 Å². The third kappa shape index (κ3) is 9.95. The lowest BCUT2D eigenvalue weighted by atomic mass is 10.5. The molecule has 0 aliphatic rings. The van der Waals surface area contributed by atoms with E-state index in [1.54, 1.807) is 6.08 Å². The molecule has 0 aliphatic carbocycles. The first-order valence-corrected chi connectivity index (χ1v) is 4.39. The highest BCUT2D eigenvalue weighted by Gasteiger charge is 1.84. The van der Waals surface area contributed by atoms with Crippen molar-refractivity contribution < 1.29 is 4.74 Å². The number of hydrogen-bond donors (Lipinski definition) is 1. The van der Waals surface area contributed by atoms with Crippen LogP contribution in [-0.4, -0.2) is 26.3 Å². The smallest absolute Gasteiger partial charge is 0.0659 e. The Morgan fingerprint density at radius 2 is 2.27 bits per heavy atom. The summed E-state index contributed by atoms with van der Waals surface area (Å²) >= 11 is 5.29. The number of hydrogen-bond acceptors (Lipinski definition) is 2. The maximum absolute atomic E-state index is 5.29. The molecule has 0 amide bonds. The van der Waals surface area contributed by atoms with Gasteiger partial charge >= 0.3 is 0 Å². The first-order valence-electron chi connectivity index (χ1n) is 3.95. The number of halogens is 1. The first-order chi connectivity index (χ1) is 5.41. The SMILES string of the molecule is CCCNCCOCC=CCl. The standard InChI is InChI=1S/C8H16ClNO/c1-2-5-10-6-8-11-7-3-4-9/h3-4,10H,2,5-8H2,1H3. The fourth-order valence-electron chi connectivity index (χ4n) is 0.634. The van der Waals surface area contributed by atoms with Gasteiger partial charge < -0.3 is 10.1 Å². The molecule has 0 unspecified atom stereocenters. The minimum atomic E-state index is 0.608. The van der Waals surface area contributed by atoms with Gasteiger partial charge in [0.05, 0.1) is 13.2 Å². The fraction of sp³-hybridized carbons (Fsp3) is 0.750. The topological polar surface area (TPSA) is 21.3 Å². The summed E-state index contributed by atoms with van der Waals surface area (Å²) in [5.41, 5.74) is 1.47. The van der Waals surface area contributed by atoms with Gasteiger partial charge in [0.15, 0.2) is 0 Å². The third-order valence-corrected chi connectivity index (χ3v) is 1.33. The summed E-state index contributed by atoms with van der Waals surface area (Å²) in [5, 5.41) is 3.23. The summed E-state index contributed by atoms with van der Waals surface area (Å²) in [6.45, 7) is 5.49. The summed E-state index contributed by atoms with van der Waals surface area (Å²) < 4.78 is 5.19. The second kappa shape index (κ2) is 9.95. The fourth-order valence-corrected chi connectivity index (χ4v) is 0.707. The van der Waals surface area contributed by atoms with Crippen LogP contribution in [0.5, 0.6) is 0 Å². The summed E-state index contributed by atoms with van der Waals surface area (Å²) in [4.78, 5) is 0. The molecule has 0 atom stereocenters. The zero-order chi connectivity index (χ0) is 8.36. The Hall–Kier alpha value is -0.0500. The van der Waals surface area contributed by atoms with Crippen molar-refractivity contribution in [3.05, 3.63) is 11.6 Å². The Morgan fingerprint density at radius 1 is 1.45 bits per heavy atom. The van der Waals surface area contributed by atoms with E-state index in [1.807, 2.05) is 0 Å². The molecule has 0 radical (unpaired) electrons. The van der Waals surface area contributed by atoms with Crippen molar-refractivity contribution in [1.82, 2.24) is 5.32 Å². The molecule has 66 valence electrons. The van der Waals surface area contributed by atoms with Gasteiger partial charge in [-0.2, -0.15) is 0 Å². The van der Waals surface area contributed by atoms with Gasteiger partial charge in [0.2, 0.25) is 0 Å². The Morgan fingerprint density at radius 3 is 2.91 bits per heavy atom. The monoisotopic (exact) mass is 177 g/mol. The molecule has 0 saturated carbocycles. The Bertz CT molecular complexity index is 96.1. The van der Waals surface area contributed by atoms with E-state index >= 15 is 0 Å². The van der Waals surface area contributed by atoms with Crippen LogP contribution in [0.15, 0.2) is 11.6 Å². The van der Waals surface area contributed by atoms with Crippen molar-refractivity contribution in [2.45, 2.75) is 13.3 Å². The summed E-state index contributed by atoms with van der Waals surface area (Å²) in [5.74, 6) is 0. The molecule has 0 rings (SSSR count). The molecule has 0 aromatic carbocycles. The highest BCUT2D eigenvalue weighted by Crippen LogP contribution is 1.80. The molecule has 0 fully saturated rings. The first kappa shape index (κ1) is 11.0. The quantitative estimate of drug-likeness (QED) is 0.599. The van der Waals surface area contributed by atoms with Crippen LogP contribution in [-0.2, 0) is 4.74 Å². The number of nitrogens with one attached hydrogen (secondary N) is 1. The van der Waals surface area contributed by atoms with Crippen LogP contribution in [0.3, 0.4) is 0 Å². The van der Waals surface area contributed by atoms with Gasteiger partial charge in [-0.1, -0.05) is 18.5 Å². The lowest BCUT2D eigenvalue weighted by Crippen LogP contribution is -2.20. The molecule has 0 heterocycles. The summed E-state index contributed by atoms with van der Waals surface area (Å²) in [7, 11) is 0. The summed E-state index contributed by atoms with van der Waals surface area (Å²) in [6.07, 6.45) is 2.95. The second-order valence-corrected chi connectivity index (χ2v) is 2.44. The lowest BCUT2D eigenvalue weighted by molar-refractivity contribution is 0.164. The zero-order valence-corrected chi connectivity index (χ0v) is 7.73. The molecular weight excluding hydrogens is 162 g/mol. The minimum absolute atomic E-state index is 0.608. The highest BCUT2D eigenvalue weighted by atomic mass is 35.5. The van der Waals surface area contributed by atoms with E-state index in [1.165, 1.54) is 12.0 Å². The van der Waals surface area contributed by atoms with Crippen LogP contribution in [0, 0.1) is 0 Å². The molecular formula is C8H16ClNO. The van der Waals surface area contributed by atoms with Crippen molar-refractivity contribution in [2.75, 3.05) is 26.3 Å². The maximum atomic E-state index is 5.29. The molecule has 0 aromatic rings. The summed E-state index contributed by atoms with van der Waals surface area (Å²) in [6, 6.07) is 0. The number of rotatable bonds is 7. The molecule has 0 spiro atoms. The second-order valence-electron chi connectivity index (χ2n) is 2.19. The van der Waals surface area contributed by atoms with E-state index < -0.39 is 0 Å². The molecule has 0 saturated heterocycles. The van der Waals surface area contributed by atoms with E-state index in [-0.39, 0.29) is 0 Å². The molecule has 0 bridgehead atoms. The Kier molecular flexibility index (Phi) is 9.90. The van der Waals surface area contributed by atoms with Crippen LogP contribution in [0.4, 0.5) is 0 Å². The van der Waals surface area contributed by atoms with Crippen LogP contribution < -0.4 is 5.32 Å². The van der Waals surface area contributed by atoms with Crippen LogP contribution in [0.2, 0.25) is 0 Å². The van der Waals surface area contributed by atoms with Gasteiger partial charge in [0, 0.05) is 12.1 Å². The average Bonchev–Trinajstić information content (AvgIpc) is 2.03. The minimum Gasteiger partial charge on any atom is -0.376 e. The van der Waals surface area contributed by atoms with Crippen LogP contribution >= 0.6 is 11.6 Å². The Balaban J connectivity index is 2.79. The molecule has 0 aliphatic heterocycles. The average molecular weight is 178 g/mol. The largest absolute Gasteiger partial charge is 0.376 e. The lowest BCUT2D eigenvalue weighted by Gasteiger charge is -2.01. The molecule has 0 aromatic heterocycles. The van der Waals surface area contributed by atoms with Crippen LogP contribution in [0.1, 0.15) is 13.3 Å². The van der Waals surface area contributed by atoms with Gasteiger partial charge in [-0.25, -0.2) is 0 Å². The van der Waals surface area contributed by atoms with Crippen molar-refractivity contribution in [3.63, 3.8) is 0 Å². The van der Waals surface area contributed by atoms with Crippen LogP contribution in [0.25, 0.3) is 0 Å².